The van der Waals surface area contributed by atoms with E-state index in [9.17, 15) is 4.57 Å². The summed E-state index contributed by atoms with van der Waals surface area (Å²) in [7, 11) is -2.67. The maximum Gasteiger partial charge on any atom is 0.347 e. The number of rotatable bonds is 5. The quantitative estimate of drug-likeness (QED) is 0.398. The Morgan fingerprint density at radius 3 is 2.14 bits per heavy atom. The fourth-order valence-corrected chi connectivity index (χ4v) is 4.37. The van der Waals surface area contributed by atoms with Crippen LogP contribution < -0.4 is 0 Å². The summed E-state index contributed by atoms with van der Waals surface area (Å²) in [4.78, 5) is 0. The lowest BCUT2D eigenvalue weighted by molar-refractivity contribution is 0.298. The lowest BCUT2D eigenvalue weighted by Crippen LogP contribution is -2.10. The first-order valence-electron chi connectivity index (χ1n) is 4.99. The Labute approximate surface area is 85.1 Å². The van der Waals surface area contributed by atoms with Gasteiger partial charge in [-0.25, -0.2) is 9.34 Å². The molecule has 0 aliphatic carbocycles. The van der Waals surface area contributed by atoms with E-state index in [1.54, 1.807) is 6.08 Å². The van der Waals surface area contributed by atoms with Crippen molar-refractivity contribution in [2.75, 3.05) is 19.7 Å². The van der Waals surface area contributed by atoms with E-state index in [4.69, 9.17) is 4.52 Å². The van der Waals surface area contributed by atoms with Crippen LogP contribution in [0.25, 0.3) is 0 Å². The molecule has 4 unspecified atom stereocenters. The topological polar surface area (TPSA) is 32.3 Å². The molecule has 14 heavy (non-hydrogen) atoms. The zero-order valence-corrected chi connectivity index (χ0v) is 9.61. The number of nitrogens with zero attached hydrogens (tertiary/aromatic N) is 2. The van der Waals surface area contributed by atoms with E-state index in [1.807, 2.05) is 9.34 Å². The lowest BCUT2D eigenvalue weighted by atomic mass is 10.6. The average Bonchev–Trinajstić information content (AvgIpc) is 3.01. The molecule has 0 spiro atoms. The molecule has 4 nitrogen and oxygen atoms in total. The van der Waals surface area contributed by atoms with Crippen molar-refractivity contribution in [1.82, 2.24) is 9.34 Å². The predicted molar refractivity (Wildman–Crippen MR) is 56.1 cm³/mol. The molecule has 0 saturated carbocycles. The first-order valence-corrected chi connectivity index (χ1v) is 6.52. The monoisotopic (exact) mass is 216 g/mol. The van der Waals surface area contributed by atoms with E-state index in [-0.39, 0.29) is 0 Å². The summed E-state index contributed by atoms with van der Waals surface area (Å²) in [5.74, 6) is 0. The molecular formula is C9H17N2O2P. The molecule has 5 heteroatoms. The standard InChI is InChI=1S/C9H17N2O2P/c1-4-5-13-14(12,10-6-8(10)2)11-7-9(11)3/h4,8-9H,1,5-7H2,2-3H3. The molecule has 2 rings (SSSR count). The molecule has 2 aliphatic rings. The van der Waals surface area contributed by atoms with Crippen LogP contribution in [0.3, 0.4) is 0 Å². The van der Waals surface area contributed by atoms with Crippen molar-refractivity contribution in [3.05, 3.63) is 12.7 Å². The minimum Gasteiger partial charge on any atom is -0.302 e. The third-order valence-corrected chi connectivity index (χ3v) is 5.56. The molecule has 4 atom stereocenters. The Bertz CT molecular complexity index is 275. The maximum absolute atomic E-state index is 12.5. The second-order valence-corrected chi connectivity index (χ2v) is 6.28. The third-order valence-electron chi connectivity index (χ3n) is 2.66. The molecule has 0 aromatic carbocycles. The molecule has 0 aromatic heterocycles. The van der Waals surface area contributed by atoms with Gasteiger partial charge in [0.2, 0.25) is 0 Å². The van der Waals surface area contributed by atoms with Gasteiger partial charge in [-0.05, 0) is 13.8 Å². The zero-order chi connectivity index (χ0) is 10.3. The molecule has 2 saturated heterocycles. The normalized spacial score (nSPS) is 44.1. The van der Waals surface area contributed by atoms with Crippen LogP contribution in [0, 0.1) is 0 Å². The van der Waals surface area contributed by atoms with Crippen LogP contribution >= 0.6 is 7.67 Å². The Morgan fingerprint density at radius 2 is 1.86 bits per heavy atom. The summed E-state index contributed by atoms with van der Waals surface area (Å²) in [5.41, 5.74) is 0. The summed E-state index contributed by atoms with van der Waals surface area (Å²) >= 11 is 0. The van der Waals surface area contributed by atoms with Crippen LogP contribution in [0.5, 0.6) is 0 Å². The third kappa shape index (κ3) is 1.68. The maximum atomic E-state index is 12.5. The minimum absolute atomic E-state index is 0.365. The van der Waals surface area contributed by atoms with Gasteiger partial charge >= 0.3 is 7.67 Å². The van der Waals surface area contributed by atoms with E-state index in [0.717, 1.165) is 13.1 Å². The van der Waals surface area contributed by atoms with Crippen LogP contribution in [0.1, 0.15) is 13.8 Å². The van der Waals surface area contributed by atoms with Crippen LogP contribution in [0.15, 0.2) is 12.7 Å². The Kier molecular flexibility index (Phi) is 2.56. The first kappa shape index (κ1) is 10.4. The molecule has 0 amide bonds. The average molecular weight is 216 g/mol. The second-order valence-electron chi connectivity index (χ2n) is 4.02. The summed E-state index contributed by atoms with van der Waals surface area (Å²) < 4.78 is 21.8. The van der Waals surface area contributed by atoms with Crippen molar-refractivity contribution in [3.8, 4) is 0 Å². The van der Waals surface area contributed by atoms with Crippen molar-refractivity contribution in [2.45, 2.75) is 25.9 Å². The largest absolute Gasteiger partial charge is 0.347 e. The highest BCUT2D eigenvalue weighted by Crippen LogP contribution is 2.64. The van der Waals surface area contributed by atoms with Crippen LogP contribution in [0.2, 0.25) is 0 Å². The molecule has 0 N–H and O–H groups in total. The summed E-state index contributed by atoms with van der Waals surface area (Å²) in [6, 6.07) is 0.803. The molecule has 0 aromatic rings. The zero-order valence-electron chi connectivity index (χ0n) is 8.72. The SMILES string of the molecule is C=CCOP(=O)(N1CC1C)N1CC1C. The van der Waals surface area contributed by atoms with E-state index in [0.29, 0.717) is 18.7 Å². The highest BCUT2D eigenvalue weighted by Gasteiger charge is 2.56. The van der Waals surface area contributed by atoms with Crippen molar-refractivity contribution >= 4 is 7.67 Å². The highest BCUT2D eigenvalue weighted by molar-refractivity contribution is 7.54. The predicted octanol–water partition coefficient (Wildman–Crippen LogP) is 1.71. The smallest absolute Gasteiger partial charge is 0.302 e. The highest BCUT2D eigenvalue weighted by atomic mass is 31.2. The first-order chi connectivity index (χ1) is 6.59. The minimum atomic E-state index is -2.67. The fourth-order valence-electron chi connectivity index (χ4n) is 1.60. The molecule has 2 heterocycles. The van der Waals surface area contributed by atoms with Gasteiger partial charge in [0.25, 0.3) is 0 Å². The molecule has 2 aliphatic heterocycles. The van der Waals surface area contributed by atoms with Gasteiger partial charge < -0.3 is 4.52 Å². The van der Waals surface area contributed by atoms with Crippen molar-refractivity contribution < 1.29 is 9.09 Å². The molecule has 80 valence electrons. The van der Waals surface area contributed by atoms with Gasteiger partial charge in [-0.1, -0.05) is 6.08 Å². The van der Waals surface area contributed by atoms with E-state index < -0.39 is 7.67 Å². The molecular weight excluding hydrogens is 199 g/mol. The summed E-state index contributed by atoms with van der Waals surface area (Å²) in [6.07, 6.45) is 1.65. The summed E-state index contributed by atoms with van der Waals surface area (Å²) in [5, 5.41) is 0. The van der Waals surface area contributed by atoms with Crippen LogP contribution in [-0.4, -0.2) is 41.1 Å². The van der Waals surface area contributed by atoms with Gasteiger partial charge in [0.05, 0.1) is 6.61 Å². The van der Waals surface area contributed by atoms with Crippen LogP contribution in [0.4, 0.5) is 0 Å². The van der Waals surface area contributed by atoms with E-state index >= 15 is 0 Å². The van der Waals surface area contributed by atoms with Gasteiger partial charge in [-0.3, -0.25) is 4.57 Å². The molecule has 0 radical (unpaired) electrons. The Balaban J connectivity index is 2.04. The molecule has 2 fully saturated rings. The number of hydrogen-bond acceptors (Lipinski definition) is 2. The van der Waals surface area contributed by atoms with Crippen molar-refractivity contribution in [2.24, 2.45) is 0 Å². The fraction of sp³-hybridized carbons (Fsp3) is 0.778. The van der Waals surface area contributed by atoms with Gasteiger partial charge in [0.15, 0.2) is 0 Å². The Morgan fingerprint density at radius 1 is 1.43 bits per heavy atom. The van der Waals surface area contributed by atoms with Gasteiger partial charge in [0, 0.05) is 25.2 Å². The van der Waals surface area contributed by atoms with Crippen LogP contribution in [-0.2, 0) is 9.09 Å². The second kappa shape index (κ2) is 3.46. The van der Waals surface area contributed by atoms with Gasteiger partial charge in [0.1, 0.15) is 0 Å². The Hall–Kier alpha value is -0.150. The van der Waals surface area contributed by atoms with Crippen molar-refractivity contribution in [3.63, 3.8) is 0 Å². The van der Waals surface area contributed by atoms with E-state index in [1.165, 1.54) is 0 Å². The number of hydrogen-bond donors (Lipinski definition) is 0. The van der Waals surface area contributed by atoms with Gasteiger partial charge in [-0.2, -0.15) is 0 Å². The summed E-state index contributed by atoms with van der Waals surface area (Å²) in [6.45, 7) is 9.85. The van der Waals surface area contributed by atoms with Gasteiger partial charge in [-0.15, -0.1) is 6.58 Å². The van der Waals surface area contributed by atoms with Crippen molar-refractivity contribution in [1.29, 1.82) is 0 Å². The molecule has 0 bridgehead atoms. The van der Waals surface area contributed by atoms with E-state index in [2.05, 4.69) is 20.4 Å². The lowest BCUT2D eigenvalue weighted by Gasteiger charge is -2.20.